The van der Waals surface area contributed by atoms with Gasteiger partial charge >= 0.3 is 5.97 Å². The average Bonchev–Trinajstić information content (AvgIpc) is 2.07. The zero-order chi connectivity index (χ0) is 9.97. The van der Waals surface area contributed by atoms with Crippen molar-refractivity contribution in [3.63, 3.8) is 0 Å². The zero-order valence-electron chi connectivity index (χ0n) is 7.93. The number of aliphatic hydroxyl groups excluding tert-OH is 1. The molecular weight excluding hydrogens is 180 g/mol. The largest absolute Gasteiger partial charge is 0.458 e. The normalized spacial score (nSPS) is 36.9. The van der Waals surface area contributed by atoms with Gasteiger partial charge in [-0.1, -0.05) is 18.2 Å². The number of carbonyl (C=O) groups excluding carboxylic acids is 1. The number of hydrogen-bond acceptors (Lipinski definition) is 3. The first-order valence-corrected chi connectivity index (χ1v) is 4.98. The monoisotopic (exact) mass is 194 g/mol. The third kappa shape index (κ3) is 1.87. The first-order chi connectivity index (χ1) is 6.77. The second kappa shape index (κ2) is 3.96. The highest BCUT2D eigenvalue weighted by atomic mass is 16.5. The molecule has 1 aliphatic heterocycles. The van der Waals surface area contributed by atoms with E-state index in [-0.39, 0.29) is 24.4 Å². The Kier molecular flexibility index (Phi) is 2.68. The van der Waals surface area contributed by atoms with Gasteiger partial charge < -0.3 is 9.84 Å². The minimum atomic E-state index is -0.544. The molecule has 3 unspecified atom stereocenters. The third-order valence-electron chi connectivity index (χ3n) is 2.77. The van der Waals surface area contributed by atoms with Gasteiger partial charge in [-0.05, 0) is 18.9 Å². The fraction of sp³-hybridized carbons (Fsp3) is 0.545. The van der Waals surface area contributed by atoms with Crippen molar-refractivity contribution in [2.24, 2.45) is 5.92 Å². The van der Waals surface area contributed by atoms with Gasteiger partial charge in [-0.15, -0.1) is 0 Å². The summed E-state index contributed by atoms with van der Waals surface area (Å²) in [5.41, 5.74) is 0. The molecule has 1 N–H and O–H groups in total. The predicted molar refractivity (Wildman–Crippen MR) is 51.5 cm³/mol. The molecule has 3 heteroatoms. The van der Waals surface area contributed by atoms with Gasteiger partial charge in [0.1, 0.15) is 6.10 Å². The molecule has 0 bridgehead atoms. The third-order valence-corrected chi connectivity index (χ3v) is 2.77. The Balaban J connectivity index is 2.16. The standard InChI is InChI=1S/C11H14O3/c12-9-7-11(13)14-10-6-4-2-1-3-5-8(9)10/h1-2,4,6,8-10,12H,3,5,7H2. The molecule has 14 heavy (non-hydrogen) atoms. The summed E-state index contributed by atoms with van der Waals surface area (Å²) < 4.78 is 5.18. The first kappa shape index (κ1) is 9.46. The van der Waals surface area contributed by atoms with E-state index in [0.29, 0.717) is 0 Å². The Morgan fingerprint density at radius 1 is 1.43 bits per heavy atom. The Morgan fingerprint density at radius 2 is 2.29 bits per heavy atom. The minimum Gasteiger partial charge on any atom is -0.458 e. The van der Waals surface area contributed by atoms with Crippen LogP contribution < -0.4 is 0 Å². The van der Waals surface area contributed by atoms with Crippen molar-refractivity contribution in [2.45, 2.75) is 31.5 Å². The van der Waals surface area contributed by atoms with Gasteiger partial charge in [-0.25, -0.2) is 0 Å². The van der Waals surface area contributed by atoms with Crippen molar-refractivity contribution in [1.82, 2.24) is 0 Å². The molecule has 0 aromatic rings. The van der Waals surface area contributed by atoms with Crippen LogP contribution in [0, 0.1) is 5.92 Å². The molecule has 1 saturated heterocycles. The SMILES string of the molecule is O=C1CC(O)C2CCC=CC=CC2O1. The van der Waals surface area contributed by atoms with E-state index in [0.717, 1.165) is 12.8 Å². The van der Waals surface area contributed by atoms with Crippen molar-refractivity contribution in [3.8, 4) is 0 Å². The van der Waals surface area contributed by atoms with Gasteiger partial charge in [0.25, 0.3) is 0 Å². The minimum absolute atomic E-state index is 0.0638. The van der Waals surface area contributed by atoms with Crippen molar-refractivity contribution in [3.05, 3.63) is 24.3 Å². The molecule has 0 aromatic heterocycles. The van der Waals surface area contributed by atoms with Gasteiger partial charge in [-0.3, -0.25) is 4.79 Å². The molecule has 3 nitrogen and oxygen atoms in total. The highest BCUT2D eigenvalue weighted by Gasteiger charge is 2.35. The van der Waals surface area contributed by atoms with E-state index in [1.165, 1.54) is 0 Å². The van der Waals surface area contributed by atoms with Crippen molar-refractivity contribution >= 4 is 5.97 Å². The lowest BCUT2D eigenvalue weighted by atomic mass is 9.86. The molecule has 0 amide bonds. The highest BCUT2D eigenvalue weighted by Crippen LogP contribution is 2.28. The molecule has 0 spiro atoms. The van der Waals surface area contributed by atoms with Crippen LogP contribution in [-0.2, 0) is 9.53 Å². The highest BCUT2D eigenvalue weighted by molar-refractivity contribution is 5.71. The van der Waals surface area contributed by atoms with E-state index in [1.807, 2.05) is 18.2 Å². The smallest absolute Gasteiger partial charge is 0.309 e. The first-order valence-electron chi connectivity index (χ1n) is 4.98. The quantitative estimate of drug-likeness (QED) is 0.589. The molecule has 0 aromatic carbocycles. The predicted octanol–water partition coefficient (Wildman–Crippen LogP) is 1.19. The number of esters is 1. The summed E-state index contributed by atoms with van der Waals surface area (Å²) in [6, 6.07) is 0. The summed E-state index contributed by atoms with van der Waals surface area (Å²) in [7, 11) is 0. The van der Waals surface area contributed by atoms with E-state index < -0.39 is 6.10 Å². The van der Waals surface area contributed by atoms with Crippen LogP contribution in [0.1, 0.15) is 19.3 Å². The van der Waals surface area contributed by atoms with Gasteiger partial charge in [0.15, 0.2) is 0 Å². The number of aliphatic hydroxyl groups is 1. The van der Waals surface area contributed by atoms with Crippen molar-refractivity contribution in [2.75, 3.05) is 0 Å². The van der Waals surface area contributed by atoms with Crippen LogP contribution in [0.15, 0.2) is 24.3 Å². The average molecular weight is 194 g/mol. The maximum Gasteiger partial charge on any atom is 0.309 e. The molecule has 1 aliphatic carbocycles. The number of hydrogen-bond donors (Lipinski definition) is 1. The molecule has 1 fully saturated rings. The summed E-state index contributed by atoms with van der Waals surface area (Å²) in [5, 5.41) is 9.73. The van der Waals surface area contributed by atoms with Crippen LogP contribution in [0.25, 0.3) is 0 Å². The van der Waals surface area contributed by atoms with Gasteiger partial charge in [0.05, 0.1) is 12.5 Å². The summed E-state index contributed by atoms with van der Waals surface area (Å²) in [6.45, 7) is 0. The summed E-state index contributed by atoms with van der Waals surface area (Å²) >= 11 is 0. The van der Waals surface area contributed by atoms with Crippen molar-refractivity contribution < 1.29 is 14.6 Å². The lowest BCUT2D eigenvalue weighted by Gasteiger charge is -2.33. The van der Waals surface area contributed by atoms with E-state index in [2.05, 4.69) is 6.08 Å². The lowest BCUT2D eigenvalue weighted by molar-refractivity contribution is -0.163. The summed E-state index contributed by atoms with van der Waals surface area (Å²) in [6.07, 6.45) is 8.90. The second-order valence-corrected chi connectivity index (χ2v) is 3.78. The van der Waals surface area contributed by atoms with Crippen LogP contribution in [0.4, 0.5) is 0 Å². The van der Waals surface area contributed by atoms with Crippen LogP contribution in [0.2, 0.25) is 0 Å². The van der Waals surface area contributed by atoms with E-state index in [9.17, 15) is 9.90 Å². The van der Waals surface area contributed by atoms with Crippen LogP contribution in [-0.4, -0.2) is 23.3 Å². The Labute approximate surface area is 83.1 Å². The number of rotatable bonds is 0. The molecule has 0 saturated carbocycles. The van der Waals surface area contributed by atoms with Gasteiger partial charge in [-0.2, -0.15) is 0 Å². The van der Waals surface area contributed by atoms with Gasteiger partial charge in [0.2, 0.25) is 0 Å². The summed E-state index contributed by atoms with van der Waals surface area (Å²) in [5.74, 6) is -0.234. The fourth-order valence-electron chi connectivity index (χ4n) is 2.00. The molecule has 1 heterocycles. The molecule has 3 atom stereocenters. The zero-order valence-corrected chi connectivity index (χ0v) is 7.93. The van der Waals surface area contributed by atoms with Crippen LogP contribution >= 0.6 is 0 Å². The Bertz CT molecular complexity index is 280. The molecule has 0 radical (unpaired) electrons. The van der Waals surface area contributed by atoms with Crippen LogP contribution in [0.5, 0.6) is 0 Å². The number of allylic oxidation sites excluding steroid dienone is 3. The van der Waals surface area contributed by atoms with Crippen molar-refractivity contribution in [1.29, 1.82) is 0 Å². The molecule has 2 aliphatic rings. The number of fused-ring (bicyclic) bond motifs is 1. The molecule has 76 valence electrons. The van der Waals surface area contributed by atoms with E-state index in [1.54, 1.807) is 0 Å². The Hall–Kier alpha value is -1.09. The topological polar surface area (TPSA) is 46.5 Å². The summed E-state index contributed by atoms with van der Waals surface area (Å²) in [4.78, 5) is 11.1. The Morgan fingerprint density at radius 3 is 3.14 bits per heavy atom. The fourth-order valence-corrected chi connectivity index (χ4v) is 2.00. The van der Waals surface area contributed by atoms with E-state index in [4.69, 9.17) is 4.74 Å². The maximum atomic E-state index is 11.1. The second-order valence-electron chi connectivity index (χ2n) is 3.78. The van der Waals surface area contributed by atoms with E-state index >= 15 is 0 Å². The molecule has 2 rings (SSSR count). The van der Waals surface area contributed by atoms with Gasteiger partial charge in [0, 0.05) is 5.92 Å². The number of carbonyl (C=O) groups is 1. The maximum absolute atomic E-state index is 11.1. The lowest BCUT2D eigenvalue weighted by Crippen LogP contribution is -2.41. The molecular formula is C11H14O3. The number of ether oxygens (including phenoxy) is 1. The van der Waals surface area contributed by atoms with Crippen LogP contribution in [0.3, 0.4) is 0 Å².